The Hall–Kier alpha value is -2.11. The van der Waals surface area contributed by atoms with Crippen LogP contribution in [0.15, 0.2) is 42.1 Å². The lowest BCUT2D eigenvalue weighted by molar-refractivity contribution is -0.136. The largest absolute Gasteiger partial charge is 0.464 e. The Balaban J connectivity index is 2.59. The number of aliphatic hydroxyl groups is 1. The second-order valence-corrected chi connectivity index (χ2v) is 6.00. The van der Waals surface area contributed by atoms with Gasteiger partial charge in [-0.3, -0.25) is 5.32 Å². The van der Waals surface area contributed by atoms with Gasteiger partial charge in [0.25, 0.3) is 0 Å². The van der Waals surface area contributed by atoms with Crippen molar-refractivity contribution in [1.29, 1.82) is 0 Å². The van der Waals surface area contributed by atoms with E-state index in [0.717, 1.165) is 12.7 Å². The molecule has 0 bridgehead atoms. The third-order valence-electron chi connectivity index (χ3n) is 2.57. The molecule has 1 unspecified atom stereocenters. The van der Waals surface area contributed by atoms with Crippen molar-refractivity contribution < 1.29 is 28.7 Å². The van der Waals surface area contributed by atoms with E-state index in [0.29, 0.717) is 0 Å². The van der Waals surface area contributed by atoms with Gasteiger partial charge in [-0.15, -0.1) is 0 Å². The molecule has 1 aromatic carbocycles. The van der Waals surface area contributed by atoms with Crippen molar-refractivity contribution in [3.63, 3.8) is 0 Å². The van der Waals surface area contributed by atoms with Gasteiger partial charge in [-0.05, 0) is 11.6 Å². The first-order valence-electron chi connectivity index (χ1n) is 6.45. The average Bonchev–Trinajstić information content (AvgIpc) is 2.56. The molecule has 0 spiro atoms. The zero-order valence-corrected chi connectivity index (χ0v) is 13.1. The Labute approximate surface area is 128 Å². The van der Waals surface area contributed by atoms with Crippen LogP contribution in [0.25, 0.3) is 0 Å². The molecule has 2 N–H and O–H groups in total. The summed E-state index contributed by atoms with van der Waals surface area (Å²) >= 11 is 0. The van der Waals surface area contributed by atoms with Crippen molar-refractivity contribution in [1.82, 2.24) is 5.32 Å². The summed E-state index contributed by atoms with van der Waals surface area (Å²) in [5.41, 5.74) is 0.624. The van der Waals surface area contributed by atoms with Crippen LogP contribution in [-0.4, -0.2) is 36.8 Å². The first-order valence-corrected chi connectivity index (χ1v) is 8.27. The summed E-state index contributed by atoms with van der Waals surface area (Å²) in [6.45, 7) is 0.0500. The number of alkyl carbamates (subject to hydrolysis) is 1. The van der Waals surface area contributed by atoms with Crippen LogP contribution in [0.4, 0.5) is 4.79 Å². The SMILES string of the molecule is COC(=O)C(=CC[PH](=O)CO)NC(=O)OCc1ccccc1. The number of allylic oxidation sites excluding steroid dienone is 1. The molecule has 0 fully saturated rings. The zero-order valence-electron chi connectivity index (χ0n) is 12.1. The van der Waals surface area contributed by atoms with E-state index in [2.05, 4.69) is 10.1 Å². The lowest BCUT2D eigenvalue weighted by Gasteiger charge is -2.09. The molecule has 0 radical (unpaired) electrons. The Morgan fingerprint density at radius 3 is 2.59 bits per heavy atom. The van der Waals surface area contributed by atoms with E-state index in [4.69, 9.17) is 9.84 Å². The quantitative estimate of drug-likeness (QED) is 0.447. The molecule has 0 aliphatic heterocycles. The standard InChI is InChI=1S/C14H18NO6P/c1-20-13(17)12(7-8-22(19)10-16)15-14(18)21-9-11-5-3-2-4-6-11/h2-7,16,22H,8-10H2,1H3,(H,15,18). The van der Waals surface area contributed by atoms with Gasteiger partial charge >= 0.3 is 12.1 Å². The van der Waals surface area contributed by atoms with Crippen LogP contribution in [0.2, 0.25) is 0 Å². The van der Waals surface area contributed by atoms with E-state index in [1.165, 1.54) is 6.08 Å². The number of aliphatic hydroxyl groups excluding tert-OH is 1. The highest BCUT2D eigenvalue weighted by atomic mass is 31.1. The van der Waals surface area contributed by atoms with Crippen molar-refractivity contribution >= 4 is 19.9 Å². The van der Waals surface area contributed by atoms with Gasteiger partial charge in [0.15, 0.2) is 0 Å². The molecule has 0 saturated heterocycles. The molecule has 0 aliphatic carbocycles. The van der Waals surface area contributed by atoms with Gasteiger partial charge in [0.05, 0.1) is 13.5 Å². The van der Waals surface area contributed by atoms with E-state index in [1.807, 2.05) is 18.2 Å². The Bertz CT molecular complexity index is 558. The van der Waals surface area contributed by atoms with Gasteiger partial charge in [0.2, 0.25) is 0 Å². The number of amides is 1. The maximum Gasteiger partial charge on any atom is 0.412 e. The lowest BCUT2D eigenvalue weighted by Crippen LogP contribution is -2.28. The minimum Gasteiger partial charge on any atom is -0.464 e. The predicted octanol–water partition coefficient (Wildman–Crippen LogP) is 1.48. The molecule has 1 rings (SSSR count). The van der Waals surface area contributed by atoms with Gasteiger partial charge in [0, 0.05) is 6.16 Å². The van der Waals surface area contributed by atoms with Gasteiger partial charge < -0.3 is 19.1 Å². The summed E-state index contributed by atoms with van der Waals surface area (Å²) in [7, 11) is -1.07. The van der Waals surface area contributed by atoms with E-state index in [-0.39, 0.29) is 18.5 Å². The van der Waals surface area contributed by atoms with Crippen LogP contribution in [-0.2, 0) is 25.4 Å². The number of hydrogen-bond donors (Lipinski definition) is 2. The van der Waals surface area contributed by atoms with Crippen LogP contribution in [0.3, 0.4) is 0 Å². The number of rotatable bonds is 7. The van der Waals surface area contributed by atoms with Crippen LogP contribution in [0.1, 0.15) is 5.56 Å². The molecule has 8 heteroatoms. The molecule has 0 aliphatic rings. The molecule has 0 aromatic heterocycles. The number of benzene rings is 1. The third kappa shape index (κ3) is 6.56. The van der Waals surface area contributed by atoms with Crippen molar-refractivity contribution in [2.45, 2.75) is 6.61 Å². The molecule has 22 heavy (non-hydrogen) atoms. The maximum atomic E-state index is 11.7. The summed E-state index contributed by atoms with van der Waals surface area (Å²) in [6, 6.07) is 9.03. The highest BCUT2D eigenvalue weighted by molar-refractivity contribution is 7.44. The molecule has 120 valence electrons. The Morgan fingerprint density at radius 2 is 2.00 bits per heavy atom. The van der Waals surface area contributed by atoms with Crippen LogP contribution < -0.4 is 5.32 Å². The van der Waals surface area contributed by atoms with E-state index >= 15 is 0 Å². The number of nitrogens with one attached hydrogen (secondary N) is 1. The first kappa shape index (κ1) is 17.9. The summed E-state index contributed by atoms with van der Waals surface area (Å²) in [4.78, 5) is 23.2. The fourth-order valence-corrected chi connectivity index (χ4v) is 2.01. The molecule has 7 nitrogen and oxygen atoms in total. The number of methoxy groups -OCH3 is 1. The highest BCUT2D eigenvalue weighted by Gasteiger charge is 2.14. The molecule has 1 amide bonds. The van der Waals surface area contributed by atoms with Gasteiger partial charge in [0.1, 0.15) is 20.1 Å². The summed E-state index contributed by atoms with van der Waals surface area (Å²) in [5, 5.41) is 10.9. The fourth-order valence-electron chi connectivity index (χ4n) is 1.44. The molecule has 1 atom stereocenters. The molecule has 0 saturated carbocycles. The normalized spacial score (nSPS) is 12.4. The molecular weight excluding hydrogens is 309 g/mol. The highest BCUT2D eigenvalue weighted by Crippen LogP contribution is 2.18. The minimum atomic E-state index is -2.23. The number of carbonyl (C=O) groups excluding carboxylic acids is 2. The number of carbonyl (C=O) groups is 2. The molecule has 0 heterocycles. The van der Waals surface area contributed by atoms with Gasteiger partial charge in [-0.2, -0.15) is 0 Å². The average molecular weight is 327 g/mol. The second kappa shape index (κ2) is 9.76. The van der Waals surface area contributed by atoms with Gasteiger partial charge in [-0.25, -0.2) is 9.59 Å². The second-order valence-electron chi connectivity index (χ2n) is 4.20. The zero-order chi connectivity index (χ0) is 16.4. The lowest BCUT2D eigenvalue weighted by atomic mass is 10.2. The number of ether oxygens (including phenoxy) is 2. The number of esters is 1. The first-order chi connectivity index (χ1) is 10.6. The Kier molecular flexibility index (Phi) is 7.96. The third-order valence-corrected chi connectivity index (χ3v) is 3.58. The summed E-state index contributed by atoms with van der Waals surface area (Å²) in [5.74, 6) is -0.788. The molecular formula is C14H18NO6P. The number of hydrogen-bond acceptors (Lipinski definition) is 6. The van der Waals surface area contributed by atoms with Crippen LogP contribution >= 0.6 is 7.80 Å². The van der Waals surface area contributed by atoms with Crippen molar-refractivity contribution in [2.24, 2.45) is 0 Å². The van der Waals surface area contributed by atoms with Crippen LogP contribution in [0.5, 0.6) is 0 Å². The fraction of sp³-hybridized carbons (Fsp3) is 0.286. The van der Waals surface area contributed by atoms with E-state index < -0.39 is 26.2 Å². The van der Waals surface area contributed by atoms with Gasteiger partial charge in [-0.1, -0.05) is 30.3 Å². The van der Waals surface area contributed by atoms with E-state index in [9.17, 15) is 14.2 Å². The summed E-state index contributed by atoms with van der Waals surface area (Å²) in [6.07, 6.45) is -0.0738. The smallest absolute Gasteiger partial charge is 0.412 e. The maximum absolute atomic E-state index is 11.7. The van der Waals surface area contributed by atoms with Crippen molar-refractivity contribution in [3.05, 3.63) is 47.7 Å². The van der Waals surface area contributed by atoms with E-state index in [1.54, 1.807) is 12.1 Å². The molecule has 1 aromatic rings. The topological polar surface area (TPSA) is 102 Å². The minimum absolute atomic E-state index is 0.0232. The Morgan fingerprint density at radius 1 is 1.32 bits per heavy atom. The summed E-state index contributed by atoms with van der Waals surface area (Å²) < 4.78 is 20.7. The van der Waals surface area contributed by atoms with Crippen molar-refractivity contribution in [3.8, 4) is 0 Å². The van der Waals surface area contributed by atoms with Crippen LogP contribution in [0, 0.1) is 0 Å². The predicted molar refractivity (Wildman–Crippen MR) is 80.8 cm³/mol. The monoisotopic (exact) mass is 327 g/mol. The van der Waals surface area contributed by atoms with Crippen molar-refractivity contribution in [2.75, 3.05) is 19.6 Å².